The summed E-state index contributed by atoms with van der Waals surface area (Å²) >= 11 is 0. The van der Waals surface area contributed by atoms with Crippen LogP contribution in [0.4, 0.5) is 0 Å². The second-order valence-corrected chi connectivity index (χ2v) is 2.75. The predicted molar refractivity (Wildman–Crippen MR) is 52.2 cm³/mol. The minimum atomic E-state index is 0.503. The fraction of sp³-hybridized carbons (Fsp3) is 0.600. The van der Waals surface area contributed by atoms with Gasteiger partial charge in [-0.05, 0) is 18.4 Å². The molecule has 0 radical (unpaired) electrons. The van der Waals surface area contributed by atoms with Gasteiger partial charge in [0.2, 0.25) is 0 Å². The van der Waals surface area contributed by atoms with E-state index >= 15 is 0 Å². The van der Waals surface area contributed by atoms with Crippen LogP contribution in [0.2, 0.25) is 0 Å². The first-order chi connectivity index (χ1) is 5.72. The summed E-state index contributed by atoms with van der Waals surface area (Å²) in [6.45, 7) is 10.3. The van der Waals surface area contributed by atoms with Gasteiger partial charge in [0.15, 0.2) is 0 Å². The molecule has 0 saturated carbocycles. The van der Waals surface area contributed by atoms with Crippen molar-refractivity contribution in [2.75, 3.05) is 0 Å². The zero-order valence-electron chi connectivity index (χ0n) is 8.63. The zero-order valence-corrected chi connectivity index (χ0v) is 8.63. The summed E-state index contributed by atoms with van der Waals surface area (Å²) < 4.78 is 0. The van der Waals surface area contributed by atoms with Crippen molar-refractivity contribution in [3.05, 3.63) is 23.8 Å². The van der Waals surface area contributed by atoms with Gasteiger partial charge in [-0.25, -0.2) is 9.97 Å². The van der Waals surface area contributed by atoms with E-state index in [4.69, 9.17) is 0 Å². The maximum Gasteiger partial charge on any atom is 0.115 e. The van der Waals surface area contributed by atoms with E-state index in [9.17, 15) is 0 Å². The highest BCUT2D eigenvalue weighted by molar-refractivity contribution is 5.16. The molecule has 0 aliphatic carbocycles. The average molecular weight is 166 g/mol. The number of nitrogens with zero attached hydrogens (tertiary/aromatic N) is 2. The van der Waals surface area contributed by atoms with Gasteiger partial charge in [-0.3, -0.25) is 0 Å². The van der Waals surface area contributed by atoms with Crippen LogP contribution in [0.15, 0.2) is 12.5 Å². The third-order valence-corrected chi connectivity index (χ3v) is 1.48. The van der Waals surface area contributed by atoms with Crippen LogP contribution < -0.4 is 0 Å². The molecule has 0 aromatic carbocycles. The van der Waals surface area contributed by atoms with Gasteiger partial charge < -0.3 is 0 Å². The normalized spacial score (nSPS) is 9.17. The Balaban J connectivity index is 0.000000561. The van der Waals surface area contributed by atoms with E-state index < -0.39 is 0 Å². The fourth-order valence-electron chi connectivity index (χ4n) is 1.01. The standard InChI is InChI=1S/C8H12N2.C2H6/c1-6(2)8-7(3)4-9-5-10-8;1-2/h4-6H,1-3H3;1-2H3. The first-order valence-corrected chi connectivity index (χ1v) is 4.48. The second-order valence-electron chi connectivity index (χ2n) is 2.75. The highest BCUT2D eigenvalue weighted by Crippen LogP contribution is 2.13. The lowest BCUT2D eigenvalue weighted by Gasteiger charge is -2.05. The molecule has 0 fully saturated rings. The lowest BCUT2D eigenvalue weighted by Crippen LogP contribution is -1.96. The van der Waals surface area contributed by atoms with Gasteiger partial charge in [0.25, 0.3) is 0 Å². The Morgan fingerprint density at radius 1 is 1.25 bits per heavy atom. The van der Waals surface area contributed by atoms with Gasteiger partial charge in [-0.15, -0.1) is 0 Å². The fourth-order valence-corrected chi connectivity index (χ4v) is 1.01. The van der Waals surface area contributed by atoms with Gasteiger partial charge in [0.1, 0.15) is 6.33 Å². The van der Waals surface area contributed by atoms with Crippen LogP contribution >= 0.6 is 0 Å². The van der Waals surface area contributed by atoms with Crippen molar-refractivity contribution in [3.63, 3.8) is 0 Å². The number of hydrogen-bond donors (Lipinski definition) is 0. The molecule has 1 rings (SSSR count). The summed E-state index contributed by atoms with van der Waals surface area (Å²) in [5, 5.41) is 0. The molecular weight excluding hydrogens is 148 g/mol. The molecule has 2 heteroatoms. The summed E-state index contributed by atoms with van der Waals surface area (Å²) in [6, 6.07) is 0. The number of hydrogen-bond acceptors (Lipinski definition) is 2. The Bertz CT molecular complexity index is 219. The monoisotopic (exact) mass is 166 g/mol. The number of rotatable bonds is 1. The maximum atomic E-state index is 4.17. The second kappa shape index (κ2) is 5.70. The van der Waals surface area contributed by atoms with Crippen molar-refractivity contribution in [1.29, 1.82) is 0 Å². The molecule has 0 saturated heterocycles. The third-order valence-electron chi connectivity index (χ3n) is 1.48. The number of aryl methyl sites for hydroxylation is 1. The van der Waals surface area contributed by atoms with Crippen molar-refractivity contribution in [1.82, 2.24) is 9.97 Å². The smallest absolute Gasteiger partial charge is 0.115 e. The van der Waals surface area contributed by atoms with E-state index in [1.165, 1.54) is 5.56 Å². The Morgan fingerprint density at radius 2 is 1.83 bits per heavy atom. The van der Waals surface area contributed by atoms with E-state index in [1.54, 1.807) is 6.33 Å². The maximum absolute atomic E-state index is 4.17. The van der Waals surface area contributed by atoms with Crippen LogP contribution in [0.5, 0.6) is 0 Å². The molecule has 0 aliphatic heterocycles. The molecule has 0 spiro atoms. The van der Waals surface area contributed by atoms with Crippen LogP contribution in [0, 0.1) is 6.92 Å². The van der Waals surface area contributed by atoms with E-state index in [0.717, 1.165) is 5.69 Å². The van der Waals surface area contributed by atoms with Gasteiger partial charge in [0.05, 0.1) is 0 Å². The first-order valence-electron chi connectivity index (χ1n) is 4.48. The molecule has 0 N–H and O–H groups in total. The zero-order chi connectivity index (χ0) is 9.56. The minimum absolute atomic E-state index is 0.503. The van der Waals surface area contributed by atoms with Crippen LogP contribution in [0.1, 0.15) is 44.9 Å². The van der Waals surface area contributed by atoms with Gasteiger partial charge >= 0.3 is 0 Å². The molecular formula is C10H18N2. The van der Waals surface area contributed by atoms with Gasteiger partial charge in [-0.2, -0.15) is 0 Å². The largest absolute Gasteiger partial charge is 0.245 e. The molecule has 0 atom stereocenters. The Morgan fingerprint density at radius 3 is 2.17 bits per heavy atom. The van der Waals surface area contributed by atoms with E-state index in [2.05, 4.69) is 23.8 Å². The lowest BCUT2D eigenvalue weighted by molar-refractivity contribution is 0.801. The highest BCUT2D eigenvalue weighted by atomic mass is 14.8. The van der Waals surface area contributed by atoms with E-state index in [0.29, 0.717) is 5.92 Å². The molecule has 12 heavy (non-hydrogen) atoms. The van der Waals surface area contributed by atoms with Gasteiger partial charge in [-0.1, -0.05) is 27.7 Å². The van der Waals surface area contributed by atoms with Crippen LogP contribution in [0.3, 0.4) is 0 Å². The first kappa shape index (κ1) is 11.1. The predicted octanol–water partition coefficient (Wildman–Crippen LogP) is 2.93. The SMILES string of the molecule is CC.Cc1cncnc1C(C)C. The van der Waals surface area contributed by atoms with Crippen molar-refractivity contribution in [2.24, 2.45) is 0 Å². The lowest BCUT2D eigenvalue weighted by atomic mass is 10.1. The Hall–Kier alpha value is -0.920. The Kier molecular flexibility index (Phi) is 5.26. The molecule has 1 aromatic heterocycles. The Labute approximate surface area is 75.1 Å². The highest BCUT2D eigenvalue weighted by Gasteiger charge is 2.02. The van der Waals surface area contributed by atoms with Crippen molar-refractivity contribution in [3.8, 4) is 0 Å². The van der Waals surface area contributed by atoms with Crippen LogP contribution in [-0.4, -0.2) is 9.97 Å². The summed E-state index contributed by atoms with van der Waals surface area (Å²) in [7, 11) is 0. The van der Waals surface area contributed by atoms with Gasteiger partial charge in [0, 0.05) is 11.9 Å². The molecule has 1 aromatic rings. The minimum Gasteiger partial charge on any atom is -0.245 e. The topological polar surface area (TPSA) is 25.8 Å². The van der Waals surface area contributed by atoms with Crippen molar-refractivity contribution in [2.45, 2.75) is 40.5 Å². The molecule has 2 nitrogen and oxygen atoms in total. The molecule has 0 aliphatic rings. The van der Waals surface area contributed by atoms with E-state index in [-0.39, 0.29) is 0 Å². The van der Waals surface area contributed by atoms with Crippen LogP contribution in [0.25, 0.3) is 0 Å². The molecule has 0 unspecified atom stereocenters. The summed E-state index contributed by atoms with van der Waals surface area (Å²) in [4.78, 5) is 8.08. The summed E-state index contributed by atoms with van der Waals surface area (Å²) in [5.74, 6) is 0.503. The quantitative estimate of drug-likeness (QED) is 0.641. The number of aromatic nitrogens is 2. The van der Waals surface area contributed by atoms with E-state index in [1.807, 2.05) is 27.0 Å². The molecule has 0 amide bonds. The molecule has 1 heterocycles. The average Bonchev–Trinajstić information content (AvgIpc) is 2.08. The van der Waals surface area contributed by atoms with Crippen molar-refractivity contribution >= 4 is 0 Å². The van der Waals surface area contributed by atoms with Crippen molar-refractivity contribution < 1.29 is 0 Å². The summed E-state index contributed by atoms with van der Waals surface area (Å²) in [5.41, 5.74) is 2.33. The summed E-state index contributed by atoms with van der Waals surface area (Å²) in [6.07, 6.45) is 3.45. The third kappa shape index (κ3) is 2.99. The molecule has 68 valence electrons. The van der Waals surface area contributed by atoms with Crippen LogP contribution in [-0.2, 0) is 0 Å². The molecule has 0 bridgehead atoms.